The fourth-order valence-corrected chi connectivity index (χ4v) is 6.12. The van der Waals surface area contributed by atoms with Crippen LogP contribution in [0.3, 0.4) is 0 Å². The predicted octanol–water partition coefficient (Wildman–Crippen LogP) is 6.55. The first-order valence-corrected chi connectivity index (χ1v) is 15.4. The molecule has 1 aliphatic heterocycles. The van der Waals surface area contributed by atoms with Crippen molar-refractivity contribution >= 4 is 44.0 Å². The molecule has 7 nitrogen and oxygen atoms in total. The quantitative estimate of drug-likeness (QED) is 0.0940. The SMILES string of the molecule is O=C(Cc1ccccc1)OCOc1ccc2ccc(OCCCCN3CCN(c4cccc5sccc45)CC3)cc2n1. The van der Waals surface area contributed by atoms with Gasteiger partial charge in [0.1, 0.15) is 5.75 Å². The van der Waals surface area contributed by atoms with Gasteiger partial charge in [0.25, 0.3) is 0 Å². The Labute approximate surface area is 250 Å². The van der Waals surface area contributed by atoms with Gasteiger partial charge in [-0.1, -0.05) is 36.4 Å². The van der Waals surface area contributed by atoms with Crippen LogP contribution >= 0.6 is 11.3 Å². The van der Waals surface area contributed by atoms with E-state index in [-0.39, 0.29) is 19.2 Å². The molecule has 0 atom stereocenters. The van der Waals surface area contributed by atoms with Crippen LogP contribution in [-0.2, 0) is 16.0 Å². The van der Waals surface area contributed by atoms with E-state index < -0.39 is 0 Å². The molecule has 216 valence electrons. The van der Waals surface area contributed by atoms with E-state index in [1.165, 1.54) is 15.8 Å². The Kier molecular flexibility index (Phi) is 9.12. The number of unbranched alkanes of at least 4 members (excludes halogenated alkanes) is 1. The second-order valence-electron chi connectivity index (χ2n) is 10.4. The fraction of sp³-hybridized carbons (Fsp3) is 0.294. The minimum Gasteiger partial charge on any atom is -0.494 e. The van der Waals surface area contributed by atoms with Crippen LogP contribution in [-0.4, -0.2) is 62.0 Å². The summed E-state index contributed by atoms with van der Waals surface area (Å²) in [6.07, 6.45) is 2.31. The van der Waals surface area contributed by atoms with E-state index in [1.807, 2.05) is 65.9 Å². The Morgan fingerprint density at radius 2 is 1.71 bits per heavy atom. The van der Waals surface area contributed by atoms with Gasteiger partial charge in [-0.15, -0.1) is 11.3 Å². The Morgan fingerprint density at radius 1 is 0.857 bits per heavy atom. The summed E-state index contributed by atoms with van der Waals surface area (Å²) >= 11 is 1.81. The number of hydrogen-bond acceptors (Lipinski definition) is 8. The number of ether oxygens (including phenoxy) is 3. The van der Waals surface area contributed by atoms with Gasteiger partial charge in [0, 0.05) is 59.5 Å². The number of anilines is 1. The molecular weight excluding hydrogens is 546 g/mol. The number of fused-ring (bicyclic) bond motifs is 2. The third-order valence-corrected chi connectivity index (χ3v) is 8.46. The van der Waals surface area contributed by atoms with Crippen molar-refractivity contribution in [2.45, 2.75) is 19.3 Å². The lowest BCUT2D eigenvalue weighted by molar-refractivity contribution is -0.149. The molecule has 1 fully saturated rings. The number of esters is 1. The van der Waals surface area contributed by atoms with Crippen molar-refractivity contribution in [3.8, 4) is 11.6 Å². The molecule has 3 heterocycles. The maximum Gasteiger partial charge on any atom is 0.313 e. The first kappa shape index (κ1) is 28.0. The van der Waals surface area contributed by atoms with Crippen LogP contribution in [0.4, 0.5) is 5.69 Å². The maximum atomic E-state index is 12.1. The Balaban J connectivity index is 0.905. The first-order chi connectivity index (χ1) is 20.7. The number of benzene rings is 3. The summed E-state index contributed by atoms with van der Waals surface area (Å²) in [5.41, 5.74) is 3.05. The lowest BCUT2D eigenvalue weighted by atomic mass is 10.2. The lowest BCUT2D eigenvalue weighted by Crippen LogP contribution is -2.46. The largest absolute Gasteiger partial charge is 0.494 e. The number of piperazine rings is 1. The van der Waals surface area contributed by atoms with E-state index in [2.05, 4.69) is 44.4 Å². The summed E-state index contributed by atoms with van der Waals surface area (Å²) in [6, 6.07) is 28.0. The van der Waals surface area contributed by atoms with Gasteiger partial charge in [-0.25, -0.2) is 4.98 Å². The van der Waals surface area contributed by atoms with Crippen LogP contribution in [0.2, 0.25) is 0 Å². The molecule has 42 heavy (non-hydrogen) atoms. The molecule has 5 aromatic rings. The lowest BCUT2D eigenvalue weighted by Gasteiger charge is -2.36. The van der Waals surface area contributed by atoms with Crippen LogP contribution in [0, 0.1) is 0 Å². The molecule has 0 amide bonds. The molecule has 0 saturated carbocycles. The van der Waals surface area contributed by atoms with E-state index >= 15 is 0 Å². The Morgan fingerprint density at radius 3 is 2.60 bits per heavy atom. The van der Waals surface area contributed by atoms with Crippen molar-refractivity contribution in [1.29, 1.82) is 0 Å². The number of hydrogen-bond donors (Lipinski definition) is 0. The van der Waals surface area contributed by atoms with Crippen molar-refractivity contribution in [1.82, 2.24) is 9.88 Å². The summed E-state index contributed by atoms with van der Waals surface area (Å²) < 4.78 is 18.2. The number of carbonyl (C=O) groups excluding carboxylic acids is 1. The Hall–Kier alpha value is -4.14. The predicted molar refractivity (Wildman–Crippen MR) is 169 cm³/mol. The van der Waals surface area contributed by atoms with E-state index in [4.69, 9.17) is 14.2 Å². The highest BCUT2D eigenvalue weighted by Gasteiger charge is 2.18. The first-order valence-electron chi connectivity index (χ1n) is 14.5. The van der Waals surface area contributed by atoms with Gasteiger partial charge in [0.05, 0.1) is 18.5 Å². The van der Waals surface area contributed by atoms with Gasteiger partial charge in [-0.05, 0) is 66.7 Å². The molecular formula is C34H35N3O4S. The number of carbonyl (C=O) groups is 1. The Bertz CT molecular complexity index is 1620. The monoisotopic (exact) mass is 581 g/mol. The van der Waals surface area contributed by atoms with Gasteiger partial charge in [0.2, 0.25) is 12.7 Å². The molecule has 8 heteroatoms. The molecule has 0 unspecified atom stereocenters. The van der Waals surface area contributed by atoms with Gasteiger partial charge < -0.3 is 19.1 Å². The second kappa shape index (κ2) is 13.7. The van der Waals surface area contributed by atoms with Crippen LogP contribution in [0.1, 0.15) is 18.4 Å². The molecule has 0 bridgehead atoms. The highest BCUT2D eigenvalue weighted by molar-refractivity contribution is 7.17. The molecule has 0 radical (unpaired) electrons. The number of pyridine rings is 1. The van der Waals surface area contributed by atoms with Crippen molar-refractivity contribution in [3.63, 3.8) is 0 Å². The highest BCUT2D eigenvalue weighted by atomic mass is 32.1. The number of rotatable bonds is 12. The highest BCUT2D eigenvalue weighted by Crippen LogP contribution is 2.31. The molecule has 6 rings (SSSR count). The normalized spacial score (nSPS) is 13.9. The summed E-state index contributed by atoms with van der Waals surface area (Å²) in [5, 5.41) is 4.55. The van der Waals surface area contributed by atoms with Crippen LogP contribution in [0.5, 0.6) is 11.6 Å². The number of aromatic nitrogens is 1. The summed E-state index contributed by atoms with van der Waals surface area (Å²) in [5.74, 6) is 0.851. The van der Waals surface area contributed by atoms with Crippen LogP contribution in [0.15, 0.2) is 90.3 Å². The smallest absolute Gasteiger partial charge is 0.313 e. The van der Waals surface area contributed by atoms with E-state index in [0.717, 1.165) is 67.8 Å². The molecule has 3 aromatic carbocycles. The molecule has 2 aromatic heterocycles. The number of thiophene rings is 1. The summed E-state index contributed by atoms with van der Waals surface area (Å²) in [6.45, 7) is 5.90. The van der Waals surface area contributed by atoms with Crippen molar-refractivity contribution in [2.75, 3.05) is 51.0 Å². The topological polar surface area (TPSA) is 64.1 Å². The number of nitrogens with zero attached hydrogens (tertiary/aromatic N) is 3. The third kappa shape index (κ3) is 7.19. The molecule has 1 saturated heterocycles. The third-order valence-electron chi connectivity index (χ3n) is 7.58. The van der Waals surface area contributed by atoms with Crippen molar-refractivity contribution in [2.24, 2.45) is 0 Å². The second-order valence-corrected chi connectivity index (χ2v) is 11.4. The summed E-state index contributed by atoms with van der Waals surface area (Å²) in [4.78, 5) is 21.7. The molecule has 0 N–H and O–H groups in total. The van der Waals surface area contributed by atoms with Crippen LogP contribution < -0.4 is 14.4 Å². The van der Waals surface area contributed by atoms with E-state index in [0.29, 0.717) is 12.5 Å². The molecule has 1 aliphatic rings. The van der Waals surface area contributed by atoms with Gasteiger partial charge in [-0.3, -0.25) is 9.69 Å². The molecule has 0 spiro atoms. The zero-order valence-electron chi connectivity index (χ0n) is 23.6. The summed E-state index contributed by atoms with van der Waals surface area (Å²) in [7, 11) is 0. The average Bonchev–Trinajstić information content (AvgIpc) is 3.51. The molecule has 0 aliphatic carbocycles. The minimum absolute atomic E-state index is 0.180. The standard InChI is InChI=1S/C34H35N3O4S/c38-34(23-26-7-2-1-3-8-26)41-25-40-33-14-12-27-11-13-28(24-30(27)35-33)39-21-5-4-16-36-17-19-37(20-18-36)31-9-6-10-32-29(31)15-22-42-32/h1-3,6-15,22,24H,4-5,16-21,23,25H2. The van der Waals surface area contributed by atoms with E-state index in [9.17, 15) is 4.79 Å². The van der Waals surface area contributed by atoms with Crippen LogP contribution in [0.25, 0.3) is 21.0 Å². The average molecular weight is 582 g/mol. The van der Waals surface area contributed by atoms with Crippen molar-refractivity contribution < 1.29 is 19.0 Å². The van der Waals surface area contributed by atoms with Gasteiger partial charge in [0.15, 0.2) is 0 Å². The zero-order chi connectivity index (χ0) is 28.6. The van der Waals surface area contributed by atoms with Crippen molar-refractivity contribution in [3.05, 3.63) is 95.9 Å². The maximum absolute atomic E-state index is 12.1. The zero-order valence-corrected chi connectivity index (χ0v) is 24.4. The fourth-order valence-electron chi connectivity index (χ4n) is 5.31. The van der Waals surface area contributed by atoms with Gasteiger partial charge in [-0.2, -0.15) is 0 Å². The van der Waals surface area contributed by atoms with Gasteiger partial charge >= 0.3 is 5.97 Å². The minimum atomic E-state index is -0.341. The van der Waals surface area contributed by atoms with E-state index in [1.54, 1.807) is 6.07 Å².